The zero-order valence-corrected chi connectivity index (χ0v) is 5.97. The Morgan fingerprint density at radius 2 is 1.91 bits per heavy atom. The number of carbonyl (C=O) groups is 2. The van der Waals surface area contributed by atoms with Crippen LogP contribution in [0.1, 0.15) is 12.8 Å². The third-order valence-corrected chi connectivity index (χ3v) is 1.48. The monoisotopic (exact) mass is 157 g/mol. The summed E-state index contributed by atoms with van der Waals surface area (Å²) in [6.45, 7) is 2.69. The number of imide groups is 1. The number of halogens is 1. The van der Waals surface area contributed by atoms with Crippen LogP contribution >= 0.6 is 0 Å². The van der Waals surface area contributed by atoms with Crippen LogP contribution in [0.4, 0.5) is 4.39 Å². The molecule has 3 nitrogen and oxygen atoms in total. The van der Waals surface area contributed by atoms with E-state index >= 15 is 0 Å². The van der Waals surface area contributed by atoms with Gasteiger partial charge in [0.15, 0.2) is 0 Å². The molecule has 1 heterocycles. The van der Waals surface area contributed by atoms with Crippen LogP contribution in [-0.2, 0) is 9.59 Å². The summed E-state index contributed by atoms with van der Waals surface area (Å²) in [7, 11) is 0. The quantitative estimate of drug-likeness (QED) is 0.551. The van der Waals surface area contributed by atoms with Crippen LogP contribution in [0.25, 0.3) is 0 Å². The van der Waals surface area contributed by atoms with Gasteiger partial charge in [-0.05, 0) is 0 Å². The Bertz CT molecular complexity index is 208. The van der Waals surface area contributed by atoms with Gasteiger partial charge >= 0.3 is 0 Å². The van der Waals surface area contributed by atoms with Crippen molar-refractivity contribution in [1.29, 1.82) is 0 Å². The second kappa shape index (κ2) is 2.82. The first kappa shape index (κ1) is 7.91. The standard InChI is InChI=1S/C7H8FNO2/c1-5(8)4-9-6(10)2-3-7(9)11/h1-4H2. The molecule has 1 fully saturated rings. The highest BCUT2D eigenvalue weighted by molar-refractivity contribution is 6.02. The Kier molecular flexibility index (Phi) is 2.03. The molecule has 0 saturated carbocycles. The van der Waals surface area contributed by atoms with Gasteiger partial charge in [0, 0.05) is 12.8 Å². The number of likely N-dealkylation sites (tertiary alicyclic amines) is 1. The number of amides is 2. The molecule has 11 heavy (non-hydrogen) atoms. The SMILES string of the molecule is C=C(F)CN1C(=O)CCC1=O. The first-order valence-corrected chi connectivity index (χ1v) is 3.27. The normalized spacial score (nSPS) is 17.7. The molecule has 1 aliphatic heterocycles. The summed E-state index contributed by atoms with van der Waals surface area (Å²) in [5.41, 5.74) is 0. The molecular weight excluding hydrogens is 149 g/mol. The average Bonchev–Trinajstić information content (AvgIpc) is 2.18. The molecule has 1 aliphatic rings. The summed E-state index contributed by atoms with van der Waals surface area (Å²) in [6.07, 6.45) is 0.401. The topological polar surface area (TPSA) is 37.4 Å². The van der Waals surface area contributed by atoms with Crippen LogP contribution in [0, 0.1) is 0 Å². The van der Waals surface area contributed by atoms with E-state index in [-0.39, 0.29) is 31.2 Å². The van der Waals surface area contributed by atoms with Gasteiger partial charge in [-0.1, -0.05) is 6.58 Å². The van der Waals surface area contributed by atoms with Gasteiger partial charge in [0.05, 0.1) is 6.54 Å². The van der Waals surface area contributed by atoms with E-state index in [0.29, 0.717) is 0 Å². The number of hydrogen-bond donors (Lipinski definition) is 0. The van der Waals surface area contributed by atoms with Crippen molar-refractivity contribution < 1.29 is 14.0 Å². The van der Waals surface area contributed by atoms with Crippen molar-refractivity contribution >= 4 is 11.8 Å². The summed E-state index contributed by atoms with van der Waals surface area (Å²) in [5, 5.41) is 0. The molecule has 2 amide bonds. The first-order valence-electron chi connectivity index (χ1n) is 3.27. The number of rotatable bonds is 2. The maximum absolute atomic E-state index is 12.2. The van der Waals surface area contributed by atoms with Gasteiger partial charge in [-0.3, -0.25) is 14.5 Å². The van der Waals surface area contributed by atoms with Gasteiger partial charge in [0.25, 0.3) is 0 Å². The van der Waals surface area contributed by atoms with Crippen molar-refractivity contribution in [3.8, 4) is 0 Å². The second-order valence-electron chi connectivity index (χ2n) is 2.39. The predicted molar refractivity (Wildman–Crippen MR) is 36.2 cm³/mol. The van der Waals surface area contributed by atoms with Crippen molar-refractivity contribution in [2.75, 3.05) is 6.54 Å². The molecule has 0 aromatic heterocycles. The Morgan fingerprint density at radius 3 is 2.27 bits per heavy atom. The molecule has 0 N–H and O–H groups in total. The fourth-order valence-corrected chi connectivity index (χ4v) is 0.971. The van der Waals surface area contributed by atoms with Crippen molar-refractivity contribution in [3.63, 3.8) is 0 Å². The third-order valence-electron chi connectivity index (χ3n) is 1.48. The fourth-order valence-electron chi connectivity index (χ4n) is 0.971. The van der Waals surface area contributed by atoms with Crippen molar-refractivity contribution in [2.45, 2.75) is 12.8 Å². The highest BCUT2D eigenvalue weighted by atomic mass is 19.1. The average molecular weight is 157 g/mol. The van der Waals surface area contributed by atoms with Crippen molar-refractivity contribution in [1.82, 2.24) is 4.90 Å². The molecule has 0 spiro atoms. The molecule has 0 radical (unpaired) electrons. The minimum atomic E-state index is -0.659. The molecule has 0 bridgehead atoms. The summed E-state index contributed by atoms with van der Waals surface area (Å²) in [4.78, 5) is 22.5. The zero-order valence-electron chi connectivity index (χ0n) is 5.97. The van der Waals surface area contributed by atoms with E-state index in [1.54, 1.807) is 0 Å². The molecule has 0 aliphatic carbocycles. The second-order valence-corrected chi connectivity index (χ2v) is 2.39. The maximum Gasteiger partial charge on any atom is 0.230 e. The van der Waals surface area contributed by atoms with Gasteiger partial charge in [-0.25, -0.2) is 4.39 Å². The smallest absolute Gasteiger partial charge is 0.230 e. The lowest BCUT2D eigenvalue weighted by Crippen LogP contribution is -2.30. The summed E-state index contributed by atoms with van der Waals surface area (Å²) < 4.78 is 12.2. The van der Waals surface area contributed by atoms with Crippen molar-refractivity contribution in [3.05, 3.63) is 12.4 Å². The third kappa shape index (κ3) is 1.63. The van der Waals surface area contributed by atoms with E-state index in [4.69, 9.17) is 0 Å². The lowest BCUT2D eigenvalue weighted by Gasteiger charge is -2.10. The van der Waals surface area contributed by atoms with E-state index in [1.165, 1.54) is 0 Å². The number of hydrogen-bond acceptors (Lipinski definition) is 2. The van der Waals surface area contributed by atoms with Crippen LogP contribution < -0.4 is 0 Å². The minimum absolute atomic E-state index is 0.201. The molecule has 0 aromatic carbocycles. The van der Waals surface area contributed by atoms with Gasteiger partial charge in [-0.2, -0.15) is 0 Å². The first-order chi connectivity index (χ1) is 5.11. The fraction of sp³-hybridized carbons (Fsp3) is 0.429. The molecule has 0 aromatic rings. The highest BCUT2D eigenvalue weighted by Crippen LogP contribution is 2.12. The van der Waals surface area contributed by atoms with Crippen LogP contribution in [0.2, 0.25) is 0 Å². The highest BCUT2D eigenvalue weighted by Gasteiger charge is 2.28. The molecule has 0 atom stereocenters. The number of carbonyl (C=O) groups excluding carboxylic acids is 2. The Hall–Kier alpha value is -1.19. The minimum Gasteiger partial charge on any atom is -0.276 e. The largest absolute Gasteiger partial charge is 0.276 e. The van der Waals surface area contributed by atoms with Gasteiger partial charge in [0.1, 0.15) is 5.83 Å². The van der Waals surface area contributed by atoms with Crippen LogP contribution in [0.5, 0.6) is 0 Å². The molecule has 4 heteroatoms. The Morgan fingerprint density at radius 1 is 1.45 bits per heavy atom. The summed E-state index contributed by atoms with van der Waals surface area (Å²) in [6, 6.07) is 0. The molecule has 60 valence electrons. The molecule has 0 unspecified atom stereocenters. The van der Waals surface area contributed by atoms with Gasteiger partial charge < -0.3 is 0 Å². The maximum atomic E-state index is 12.2. The molecule has 1 rings (SSSR count). The van der Waals surface area contributed by atoms with Crippen LogP contribution in [-0.4, -0.2) is 23.3 Å². The van der Waals surface area contributed by atoms with E-state index in [9.17, 15) is 14.0 Å². The summed E-state index contributed by atoms with van der Waals surface area (Å²) >= 11 is 0. The summed E-state index contributed by atoms with van der Waals surface area (Å²) in [5.74, 6) is -1.28. The predicted octanol–water partition coefficient (Wildman–Crippen LogP) is 0.619. The van der Waals surface area contributed by atoms with Crippen LogP contribution in [0.3, 0.4) is 0 Å². The Balaban J connectivity index is 2.62. The van der Waals surface area contributed by atoms with E-state index in [2.05, 4.69) is 6.58 Å². The van der Waals surface area contributed by atoms with Gasteiger partial charge in [0.2, 0.25) is 11.8 Å². The van der Waals surface area contributed by atoms with Crippen LogP contribution in [0.15, 0.2) is 12.4 Å². The number of nitrogens with zero attached hydrogens (tertiary/aromatic N) is 1. The van der Waals surface area contributed by atoms with E-state index < -0.39 is 5.83 Å². The van der Waals surface area contributed by atoms with Gasteiger partial charge in [-0.15, -0.1) is 0 Å². The lowest BCUT2D eigenvalue weighted by atomic mass is 10.4. The van der Waals surface area contributed by atoms with Crippen molar-refractivity contribution in [2.24, 2.45) is 0 Å². The lowest BCUT2D eigenvalue weighted by molar-refractivity contribution is -0.138. The zero-order chi connectivity index (χ0) is 8.43. The molecule has 1 saturated heterocycles. The van der Waals surface area contributed by atoms with E-state index in [1.807, 2.05) is 0 Å². The molecular formula is C7H8FNO2. The van der Waals surface area contributed by atoms with E-state index in [0.717, 1.165) is 4.90 Å². The Labute approximate surface area is 63.5 Å².